The first-order valence-electron chi connectivity index (χ1n) is 10.2. The molecular formula is C25H23N3O3. The zero-order chi connectivity index (χ0) is 21.6. The number of carbonyl (C=O) groups excluding carboxylic acids is 3. The Balaban J connectivity index is 1.55. The van der Waals surface area contributed by atoms with E-state index in [2.05, 4.69) is 5.32 Å². The Morgan fingerprint density at radius 3 is 2.03 bits per heavy atom. The molecule has 1 heterocycles. The highest BCUT2D eigenvalue weighted by Gasteiger charge is 2.46. The summed E-state index contributed by atoms with van der Waals surface area (Å²) in [5.41, 5.74) is 2.22. The molecule has 0 bridgehead atoms. The Kier molecular flexibility index (Phi) is 6.08. The van der Waals surface area contributed by atoms with E-state index in [4.69, 9.17) is 0 Å². The lowest BCUT2D eigenvalue weighted by Gasteiger charge is -2.21. The average molecular weight is 413 g/mol. The van der Waals surface area contributed by atoms with Gasteiger partial charge in [-0.15, -0.1) is 0 Å². The van der Waals surface area contributed by atoms with E-state index in [1.54, 1.807) is 36.4 Å². The van der Waals surface area contributed by atoms with Crippen LogP contribution in [-0.4, -0.2) is 35.3 Å². The Labute approximate surface area is 181 Å². The SMILES string of the molecule is O=C(C[C@@H]1C(=O)N(c2ccccc2)C(=O)N1CCc1ccccc1)Nc1ccccc1. The number of para-hydroxylation sites is 2. The molecular weight excluding hydrogens is 390 g/mol. The highest BCUT2D eigenvalue weighted by Crippen LogP contribution is 2.27. The third-order valence-electron chi connectivity index (χ3n) is 5.25. The standard InChI is InChI=1S/C25H23N3O3/c29-23(26-20-12-6-2-7-13-20)18-22-24(30)28(21-14-8-3-9-15-21)25(31)27(22)17-16-19-10-4-1-5-11-19/h1-15,22H,16-18H2,(H,26,29)/t22-/m1/s1. The molecule has 6 heteroatoms. The highest BCUT2D eigenvalue weighted by atomic mass is 16.2. The van der Waals surface area contributed by atoms with Crippen molar-refractivity contribution in [3.63, 3.8) is 0 Å². The van der Waals surface area contributed by atoms with Gasteiger partial charge in [0, 0.05) is 12.2 Å². The van der Waals surface area contributed by atoms with Crippen molar-refractivity contribution in [2.75, 3.05) is 16.8 Å². The van der Waals surface area contributed by atoms with Gasteiger partial charge in [-0.25, -0.2) is 9.69 Å². The molecule has 4 rings (SSSR count). The number of benzene rings is 3. The number of urea groups is 1. The summed E-state index contributed by atoms with van der Waals surface area (Å²) in [6.07, 6.45) is 0.497. The number of rotatable bonds is 7. The second-order valence-corrected chi connectivity index (χ2v) is 7.35. The van der Waals surface area contributed by atoms with Crippen LogP contribution in [0.2, 0.25) is 0 Å². The van der Waals surface area contributed by atoms with Crippen LogP contribution in [0.5, 0.6) is 0 Å². The van der Waals surface area contributed by atoms with Gasteiger partial charge in [0.25, 0.3) is 5.91 Å². The van der Waals surface area contributed by atoms with Crippen molar-refractivity contribution >= 4 is 29.2 Å². The maximum atomic E-state index is 13.2. The number of anilines is 2. The Hall–Kier alpha value is -3.93. The van der Waals surface area contributed by atoms with E-state index in [0.717, 1.165) is 5.56 Å². The average Bonchev–Trinajstić information content (AvgIpc) is 3.03. The quantitative estimate of drug-likeness (QED) is 0.593. The third kappa shape index (κ3) is 4.64. The molecule has 0 radical (unpaired) electrons. The summed E-state index contributed by atoms with van der Waals surface area (Å²) in [5.74, 6) is -0.690. The van der Waals surface area contributed by atoms with Gasteiger partial charge < -0.3 is 10.2 Å². The zero-order valence-electron chi connectivity index (χ0n) is 17.0. The van der Waals surface area contributed by atoms with E-state index in [0.29, 0.717) is 24.3 Å². The van der Waals surface area contributed by atoms with E-state index < -0.39 is 12.1 Å². The van der Waals surface area contributed by atoms with Crippen molar-refractivity contribution < 1.29 is 14.4 Å². The number of hydrogen-bond acceptors (Lipinski definition) is 3. The number of imide groups is 1. The fourth-order valence-electron chi connectivity index (χ4n) is 3.71. The fraction of sp³-hybridized carbons (Fsp3) is 0.160. The first-order valence-corrected chi connectivity index (χ1v) is 10.2. The first kappa shape index (κ1) is 20.3. The van der Waals surface area contributed by atoms with Gasteiger partial charge in [0.2, 0.25) is 5.91 Å². The minimum Gasteiger partial charge on any atom is -0.326 e. The number of amides is 4. The van der Waals surface area contributed by atoms with Crippen molar-refractivity contribution in [3.8, 4) is 0 Å². The molecule has 156 valence electrons. The summed E-state index contributed by atoms with van der Waals surface area (Å²) in [4.78, 5) is 41.7. The summed E-state index contributed by atoms with van der Waals surface area (Å²) in [7, 11) is 0. The molecule has 1 aliphatic rings. The highest BCUT2D eigenvalue weighted by molar-refractivity contribution is 6.22. The molecule has 31 heavy (non-hydrogen) atoms. The van der Waals surface area contributed by atoms with Crippen LogP contribution < -0.4 is 10.2 Å². The second-order valence-electron chi connectivity index (χ2n) is 7.35. The first-order chi connectivity index (χ1) is 15.1. The van der Waals surface area contributed by atoms with Gasteiger partial charge in [-0.05, 0) is 36.2 Å². The van der Waals surface area contributed by atoms with Gasteiger partial charge in [0.15, 0.2) is 0 Å². The van der Waals surface area contributed by atoms with Gasteiger partial charge in [-0.3, -0.25) is 9.59 Å². The summed E-state index contributed by atoms with van der Waals surface area (Å²) in [5, 5.41) is 2.81. The molecule has 1 atom stereocenters. The molecule has 0 aliphatic carbocycles. The second kappa shape index (κ2) is 9.26. The lowest BCUT2D eigenvalue weighted by Crippen LogP contribution is -2.39. The lowest BCUT2D eigenvalue weighted by atomic mass is 10.1. The van der Waals surface area contributed by atoms with Crippen molar-refractivity contribution in [3.05, 3.63) is 96.6 Å². The predicted molar refractivity (Wildman–Crippen MR) is 120 cm³/mol. The van der Waals surface area contributed by atoms with Crippen LogP contribution in [0.1, 0.15) is 12.0 Å². The van der Waals surface area contributed by atoms with Crippen LogP contribution >= 0.6 is 0 Å². The maximum Gasteiger partial charge on any atom is 0.332 e. The fourth-order valence-corrected chi connectivity index (χ4v) is 3.71. The molecule has 3 aromatic carbocycles. The number of hydrogen-bond donors (Lipinski definition) is 1. The van der Waals surface area contributed by atoms with Crippen LogP contribution in [0.3, 0.4) is 0 Å². The predicted octanol–water partition coefficient (Wildman–Crippen LogP) is 4.10. The third-order valence-corrected chi connectivity index (χ3v) is 5.25. The van der Waals surface area contributed by atoms with Crippen molar-refractivity contribution in [2.24, 2.45) is 0 Å². The Morgan fingerprint density at radius 1 is 0.806 bits per heavy atom. The smallest absolute Gasteiger partial charge is 0.326 e. The van der Waals surface area contributed by atoms with Gasteiger partial charge in [-0.1, -0.05) is 66.7 Å². The Bertz CT molecular complexity index is 1060. The molecule has 0 saturated carbocycles. The minimum absolute atomic E-state index is 0.0996. The van der Waals surface area contributed by atoms with Crippen LogP contribution in [0.25, 0.3) is 0 Å². The van der Waals surface area contributed by atoms with E-state index >= 15 is 0 Å². The van der Waals surface area contributed by atoms with E-state index in [9.17, 15) is 14.4 Å². The van der Waals surface area contributed by atoms with Gasteiger partial charge in [-0.2, -0.15) is 0 Å². The molecule has 1 saturated heterocycles. The minimum atomic E-state index is -0.847. The molecule has 6 nitrogen and oxygen atoms in total. The number of carbonyl (C=O) groups is 3. The van der Waals surface area contributed by atoms with Gasteiger partial charge >= 0.3 is 6.03 Å². The molecule has 0 aromatic heterocycles. The molecule has 3 aromatic rings. The summed E-state index contributed by atoms with van der Waals surface area (Å²) < 4.78 is 0. The van der Waals surface area contributed by atoms with E-state index in [1.165, 1.54) is 9.80 Å². The zero-order valence-corrected chi connectivity index (χ0v) is 17.0. The number of nitrogens with one attached hydrogen (secondary N) is 1. The maximum absolute atomic E-state index is 13.2. The number of nitrogens with zero attached hydrogens (tertiary/aromatic N) is 2. The molecule has 1 fully saturated rings. The summed E-state index contributed by atoms with van der Waals surface area (Å²) in [6.45, 7) is 0.348. The van der Waals surface area contributed by atoms with Crippen molar-refractivity contribution in [1.29, 1.82) is 0 Å². The monoisotopic (exact) mass is 413 g/mol. The van der Waals surface area contributed by atoms with Crippen molar-refractivity contribution in [1.82, 2.24) is 4.90 Å². The van der Waals surface area contributed by atoms with Gasteiger partial charge in [0.1, 0.15) is 6.04 Å². The van der Waals surface area contributed by atoms with E-state index in [-0.39, 0.29) is 18.2 Å². The van der Waals surface area contributed by atoms with E-state index in [1.807, 2.05) is 54.6 Å². The molecule has 0 spiro atoms. The van der Waals surface area contributed by atoms with Crippen molar-refractivity contribution in [2.45, 2.75) is 18.9 Å². The normalized spacial score (nSPS) is 15.9. The molecule has 1 aliphatic heterocycles. The summed E-state index contributed by atoms with van der Waals surface area (Å²) >= 11 is 0. The van der Waals surface area contributed by atoms with Crippen LogP contribution in [-0.2, 0) is 16.0 Å². The lowest BCUT2D eigenvalue weighted by molar-refractivity contribution is -0.124. The molecule has 1 N–H and O–H groups in total. The topological polar surface area (TPSA) is 69.7 Å². The van der Waals surface area contributed by atoms with Gasteiger partial charge in [0.05, 0.1) is 12.1 Å². The largest absolute Gasteiger partial charge is 0.332 e. The van der Waals surface area contributed by atoms with Crippen LogP contribution in [0.4, 0.5) is 16.2 Å². The van der Waals surface area contributed by atoms with Crippen LogP contribution in [0, 0.1) is 0 Å². The van der Waals surface area contributed by atoms with Crippen LogP contribution in [0.15, 0.2) is 91.0 Å². The molecule has 0 unspecified atom stereocenters. The molecule has 4 amide bonds. The summed E-state index contributed by atoms with van der Waals surface area (Å²) in [6, 6.07) is 26.4. The Morgan fingerprint density at radius 2 is 1.39 bits per heavy atom.